The Labute approximate surface area is 145 Å². The predicted octanol–water partition coefficient (Wildman–Crippen LogP) is 3.76. The van der Waals surface area contributed by atoms with Gasteiger partial charge in [0.05, 0.1) is 11.7 Å². The maximum atomic E-state index is 4.99. The number of benzene rings is 2. The van der Waals surface area contributed by atoms with Gasteiger partial charge in [-0.2, -0.15) is 9.61 Å². The van der Waals surface area contributed by atoms with Crippen LogP contribution in [0.4, 0.5) is 0 Å². The van der Waals surface area contributed by atoms with Crippen molar-refractivity contribution in [3.05, 3.63) is 60.3 Å². The van der Waals surface area contributed by atoms with Crippen LogP contribution in [0.1, 0.15) is 31.0 Å². The van der Waals surface area contributed by atoms with Gasteiger partial charge in [0, 0.05) is 16.3 Å². The highest BCUT2D eigenvalue weighted by molar-refractivity contribution is 5.95. The van der Waals surface area contributed by atoms with E-state index >= 15 is 0 Å². The molecular weight excluding hydrogens is 310 g/mol. The quantitative estimate of drug-likeness (QED) is 0.608. The van der Waals surface area contributed by atoms with E-state index in [0.717, 1.165) is 41.1 Å². The molecule has 1 aliphatic rings. The molecule has 5 rings (SSSR count). The molecular formula is C20H19N5. The summed E-state index contributed by atoms with van der Waals surface area (Å²) in [7, 11) is 0. The minimum absolute atomic E-state index is 0.286. The number of piperidine rings is 1. The number of hydrogen-bond donors (Lipinski definition) is 1. The highest BCUT2D eigenvalue weighted by Gasteiger charge is 2.22. The summed E-state index contributed by atoms with van der Waals surface area (Å²) >= 11 is 0. The van der Waals surface area contributed by atoms with Crippen molar-refractivity contribution in [3.63, 3.8) is 0 Å². The zero-order valence-electron chi connectivity index (χ0n) is 13.9. The Morgan fingerprint density at radius 2 is 1.68 bits per heavy atom. The lowest BCUT2D eigenvalue weighted by Crippen LogP contribution is -2.28. The van der Waals surface area contributed by atoms with Gasteiger partial charge < -0.3 is 5.32 Å². The Hall–Kier alpha value is -2.79. The van der Waals surface area contributed by atoms with E-state index in [1.165, 1.54) is 18.2 Å². The number of fused-ring (bicyclic) bond motifs is 3. The van der Waals surface area contributed by atoms with Crippen LogP contribution in [-0.4, -0.2) is 26.4 Å². The molecule has 0 bridgehead atoms. The third-order valence-corrected chi connectivity index (χ3v) is 4.96. The number of rotatable bonds is 2. The molecule has 0 aliphatic carbocycles. The molecule has 5 nitrogen and oxygen atoms in total. The molecule has 2 aromatic heterocycles. The summed E-state index contributed by atoms with van der Waals surface area (Å²) in [5, 5.41) is 19.8. The van der Waals surface area contributed by atoms with E-state index < -0.39 is 0 Å². The van der Waals surface area contributed by atoms with Gasteiger partial charge >= 0.3 is 0 Å². The predicted molar refractivity (Wildman–Crippen MR) is 98.3 cm³/mol. The molecule has 25 heavy (non-hydrogen) atoms. The summed E-state index contributed by atoms with van der Waals surface area (Å²) in [6.07, 6.45) is 3.59. The topological polar surface area (TPSA) is 55.1 Å². The average Bonchev–Trinajstić information content (AvgIpc) is 3.13. The van der Waals surface area contributed by atoms with Gasteiger partial charge in [0.15, 0.2) is 11.5 Å². The second-order valence-electron chi connectivity index (χ2n) is 6.56. The van der Waals surface area contributed by atoms with Gasteiger partial charge in [-0.15, -0.1) is 10.2 Å². The summed E-state index contributed by atoms with van der Waals surface area (Å²) in [6.45, 7) is 1.05. The third-order valence-electron chi connectivity index (χ3n) is 4.96. The Morgan fingerprint density at radius 1 is 0.880 bits per heavy atom. The maximum Gasteiger partial charge on any atom is 0.186 e. The van der Waals surface area contributed by atoms with E-state index in [4.69, 9.17) is 5.10 Å². The highest BCUT2D eigenvalue weighted by Crippen LogP contribution is 2.30. The molecule has 1 aliphatic heterocycles. The van der Waals surface area contributed by atoms with Crippen LogP contribution < -0.4 is 5.32 Å². The molecule has 1 saturated heterocycles. The summed E-state index contributed by atoms with van der Waals surface area (Å²) in [5.41, 5.74) is 2.94. The largest absolute Gasteiger partial charge is 0.309 e. The number of nitrogens with zero attached hydrogens (tertiary/aromatic N) is 4. The molecule has 2 aromatic carbocycles. The summed E-state index contributed by atoms with van der Waals surface area (Å²) in [4.78, 5) is 0. The third kappa shape index (κ3) is 2.39. The van der Waals surface area contributed by atoms with Crippen LogP contribution in [0.25, 0.3) is 27.8 Å². The number of aromatic nitrogens is 4. The Morgan fingerprint density at radius 3 is 2.48 bits per heavy atom. The lowest BCUT2D eigenvalue weighted by atomic mass is 9.98. The van der Waals surface area contributed by atoms with Crippen molar-refractivity contribution in [1.29, 1.82) is 0 Å². The molecule has 0 amide bonds. The SMILES string of the molecule is c1ccc(-c2nnc3c4ccccc4c(C4CCCCN4)nn23)cc1. The number of hydrogen-bond acceptors (Lipinski definition) is 4. The molecule has 0 spiro atoms. The van der Waals surface area contributed by atoms with Gasteiger partial charge in [0.2, 0.25) is 0 Å². The fourth-order valence-electron chi connectivity index (χ4n) is 3.72. The van der Waals surface area contributed by atoms with Crippen molar-refractivity contribution in [3.8, 4) is 11.4 Å². The van der Waals surface area contributed by atoms with Crippen LogP contribution in [0.3, 0.4) is 0 Å². The van der Waals surface area contributed by atoms with Crippen LogP contribution in [0.15, 0.2) is 54.6 Å². The first-order valence-electron chi connectivity index (χ1n) is 8.85. The van der Waals surface area contributed by atoms with Crippen molar-refractivity contribution >= 4 is 16.4 Å². The molecule has 1 unspecified atom stereocenters. The molecule has 1 atom stereocenters. The van der Waals surface area contributed by atoms with Crippen molar-refractivity contribution in [2.75, 3.05) is 6.54 Å². The second-order valence-corrected chi connectivity index (χ2v) is 6.56. The molecule has 1 N–H and O–H groups in total. The Bertz CT molecular complexity index is 1030. The van der Waals surface area contributed by atoms with Crippen molar-refractivity contribution in [2.45, 2.75) is 25.3 Å². The normalized spacial score (nSPS) is 18.0. The molecule has 5 heteroatoms. The minimum Gasteiger partial charge on any atom is -0.309 e. The van der Waals surface area contributed by atoms with E-state index in [1.807, 2.05) is 34.8 Å². The van der Waals surface area contributed by atoms with E-state index in [-0.39, 0.29) is 6.04 Å². The van der Waals surface area contributed by atoms with Crippen LogP contribution in [0.5, 0.6) is 0 Å². The molecule has 0 radical (unpaired) electrons. The first-order chi connectivity index (χ1) is 12.4. The Kier molecular flexibility index (Phi) is 3.45. The van der Waals surface area contributed by atoms with E-state index in [9.17, 15) is 0 Å². The lowest BCUT2D eigenvalue weighted by molar-refractivity contribution is 0.404. The summed E-state index contributed by atoms with van der Waals surface area (Å²) < 4.78 is 1.91. The zero-order chi connectivity index (χ0) is 16.6. The van der Waals surface area contributed by atoms with E-state index in [0.29, 0.717) is 0 Å². The molecule has 0 saturated carbocycles. The van der Waals surface area contributed by atoms with Gasteiger partial charge in [-0.25, -0.2) is 0 Å². The highest BCUT2D eigenvalue weighted by atomic mass is 15.4. The first-order valence-corrected chi connectivity index (χ1v) is 8.85. The molecule has 1 fully saturated rings. The first kappa shape index (κ1) is 14.5. The molecule has 4 aromatic rings. The Balaban J connectivity index is 1.80. The smallest absolute Gasteiger partial charge is 0.186 e. The van der Waals surface area contributed by atoms with Gasteiger partial charge in [-0.05, 0) is 19.4 Å². The fourth-order valence-corrected chi connectivity index (χ4v) is 3.72. The van der Waals surface area contributed by atoms with Crippen molar-refractivity contribution < 1.29 is 0 Å². The van der Waals surface area contributed by atoms with Crippen LogP contribution >= 0.6 is 0 Å². The van der Waals surface area contributed by atoms with Gasteiger partial charge in [-0.3, -0.25) is 0 Å². The zero-order valence-corrected chi connectivity index (χ0v) is 13.9. The summed E-state index contributed by atoms with van der Waals surface area (Å²) in [6, 6.07) is 18.8. The number of nitrogens with one attached hydrogen (secondary N) is 1. The van der Waals surface area contributed by atoms with Crippen LogP contribution in [0.2, 0.25) is 0 Å². The van der Waals surface area contributed by atoms with E-state index in [2.05, 4.69) is 39.8 Å². The van der Waals surface area contributed by atoms with Crippen molar-refractivity contribution in [2.24, 2.45) is 0 Å². The van der Waals surface area contributed by atoms with Gasteiger partial charge in [-0.1, -0.05) is 61.0 Å². The van der Waals surface area contributed by atoms with Crippen molar-refractivity contribution in [1.82, 2.24) is 25.1 Å². The molecule has 124 valence electrons. The maximum absolute atomic E-state index is 4.99. The molecule has 3 heterocycles. The minimum atomic E-state index is 0.286. The average molecular weight is 329 g/mol. The fraction of sp³-hybridized carbons (Fsp3) is 0.250. The lowest BCUT2D eigenvalue weighted by Gasteiger charge is -2.24. The van der Waals surface area contributed by atoms with Gasteiger partial charge in [0.1, 0.15) is 0 Å². The van der Waals surface area contributed by atoms with Gasteiger partial charge in [0.25, 0.3) is 0 Å². The monoisotopic (exact) mass is 329 g/mol. The summed E-state index contributed by atoms with van der Waals surface area (Å²) in [5.74, 6) is 0.790. The van der Waals surface area contributed by atoms with Crippen LogP contribution in [-0.2, 0) is 0 Å². The standard InChI is InChI=1S/C20H19N5/c1-2-8-14(9-3-1)19-22-23-20-16-11-5-4-10-15(16)18(24-25(19)20)17-12-6-7-13-21-17/h1-5,8-11,17,21H,6-7,12-13H2. The van der Waals surface area contributed by atoms with Crippen LogP contribution in [0, 0.1) is 0 Å². The van der Waals surface area contributed by atoms with E-state index in [1.54, 1.807) is 0 Å². The second kappa shape index (κ2) is 5.93.